The van der Waals surface area contributed by atoms with Crippen LogP contribution in [-0.2, 0) is 51.2 Å². The summed E-state index contributed by atoms with van der Waals surface area (Å²) in [6.07, 6.45) is 0. The van der Waals surface area contributed by atoms with Gasteiger partial charge in [0.2, 0.25) is 0 Å². The van der Waals surface area contributed by atoms with Crippen LogP contribution in [0.15, 0.2) is 0 Å². The Morgan fingerprint density at radius 1 is 0.250 bits per heavy atom. The predicted octanol–water partition coefficient (Wildman–Crippen LogP) is -5.93. The molecule has 0 aliphatic heterocycles. The van der Waals surface area contributed by atoms with Crippen molar-refractivity contribution in [1.82, 2.24) is 0 Å². The number of hydrogen-bond acceptors (Lipinski definition) is 0. The van der Waals surface area contributed by atoms with Crippen molar-refractivity contribution < 1.29 is 51.2 Å². The first-order valence-corrected chi connectivity index (χ1v) is 0. The van der Waals surface area contributed by atoms with Crippen LogP contribution in [0, 0.1) is 0 Å². The minimum absolute atomic E-state index is 0. The van der Waals surface area contributed by atoms with E-state index in [4.69, 9.17) is 0 Å². The molecule has 0 heterocycles. The van der Waals surface area contributed by atoms with Gasteiger partial charge in [-0.15, -0.1) is 0 Å². The summed E-state index contributed by atoms with van der Waals surface area (Å²) in [5.74, 6) is 0. The molecule has 0 nitrogen and oxygen atoms in total. The third-order valence-corrected chi connectivity index (χ3v) is 0. The van der Waals surface area contributed by atoms with E-state index in [0.717, 1.165) is 0 Å². The SMILES string of the molecule is [GaH3].[GaH3].[GaH3].[GaH3].[GaH3].[Mn].[Mn].[Mn]. The summed E-state index contributed by atoms with van der Waals surface area (Å²) in [6.45, 7) is 0. The van der Waals surface area contributed by atoms with Crippen molar-refractivity contribution in [3.05, 3.63) is 0 Å². The van der Waals surface area contributed by atoms with E-state index in [2.05, 4.69) is 0 Å². The molecule has 0 unspecified atom stereocenters. The molecule has 0 spiro atoms. The topological polar surface area (TPSA) is 0 Å². The van der Waals surface area contributed by atoms with Crippen LogP contribution in [0.4, 0.5) is 0 Å². The zero-order valence-corrected chi connectivity index (χ0v) is 4.68. The Morgan fingerprint density at radius 3 is 0.250 bits per heavy atom. The van der Waals surface area contributed by atoms with Gasteiger partial charge in [-0.2, -0.15) is 0 Å². The van der Waals surface area contributed by atoms with Crippen LogP contribution in [0.2, 0.25) is 0 Å². The summed E-state index contributed by atoms with van der Waals surface area (Å²) in [4.78, 5) is 0. The molecule has 3 radical (unpaired) electrons. The predicted molar refractivity (Wildman–Crippen MR) is 49.7 cm³/mol. The van der Waals surface area contributed by atoms with Crippen LogP contribution >= 0.6 is 0 Å². The molecule has 51 valence electrons. The van der Waals surface area contributed by atoms with Crippen LogP contribution < -0.4 is 0 Å². The van der Waals surface area contributed by atoms with E-state index in [1.807, 2.05) is 0 Å². The second-order valence-electron chi connectivity index (χ2n) is 0. The molecule has 8 heavy (non-hydrogen) atoms. The van der Waals surface area contributed by atoms with Crippen molar-refractivity contribution in [2.75, 3.05) is 0 Å². The molecule has 0 aromatic heterocycles. The van der Waals surface area contributed by atoms with Gasteiger partial charge >= 0.3 is 99.0 Å². The molecule has 0 N–H and O–H groups in total. The van der Waals surface area contributed by atoms with E-state index < -0.39 is 0 Å². The van der Waals surface area contributed by atoms with Gasteiger partial charge in [0, 0.05) is 51.2 Å². The van der Waals surface area contributed by atoms with Crippen molar-refractivity contribution >= 4 is 99.0 Å². The number of rotatable bonds is 0. The standard InChI is InChI=1S/5Ga.3Mn.15H. The van der Waals surface area contributed by atoms with Crippen LogP contribution in [0.3, 0.4) is 0 Å². The summed E-state index contributed by atoms with van der Waals surface area (Å²) in [5, 5.41) is 0. The van der Waals surface area contributed by atoms with Gasteiger partial charge in [0.25, 0.3) is 0 Å². The van der Waals surface area contributed by atoms with Gasteiger partial charge in [-0.25, -0.2) is 0 Å². The minimum Gasteiger partial charge on any atom is 0 e. The molecule has 0 bridgehead atoms. The Morgan fingerprint density at radius 2 is 0.250 bits per heavy atom. The maximum Gasteiger partial charge on any atom is 0 e. The van der Waals surface area contributed by atoms with Crippen molar-refractivity contribution in [2.45, 2.75) is 0 Å². The summed E-state index contributed by atoms with van der Waals surface area (Å²) in [5.41, 5.74) is 0. The Kier molecular flexibility index (Phi) is 589. The molecular formula is H15Ga5Mn3. The summed E-state index contributed by atoms with van der Waals surface area (Å²) in [7, 11) is 0. The fourth-order valence-electron chi connectivity index (χ4n) is 0. The summed E-state index contributed by atoms with van der Waals surface area (Å²) >= 11 is 0. The molecule has 0 rings (SSSR count). The quantitative estimate of drug-likeness (QED) is 0.275. The molecule has 0 saturated carbocycles. The van der Waals surface area contributed by atoms with Crippen LogP contribution in [0.5, 0.6) is 0 Å². The van der Waals surface area contributed by atoms with Gasteiger partial charge < -0.3 is 0 Å². The molecule has 0 aliphatic carbocycles. The minimum atomic E-state index is 0. The van der Waals surface area contributed by atoms with E-state index in [-0.39, 0.29) is 150 Å². The third-order valence-electron chi connectivity index (χ3n) is 0. The Hall–Kier alpha value is 4.74. The average Bonchev–Trinajstić information content (AvgIpc) is 0. The van der Waals surface area contributed by atoms with Gasteiger partial charge in [0.15, 0.2) is 0 Å². The molecule has 0 aliphatic rings. The average molecular weight is 529 g/mol. The molecule has 0 fully saturated rings. The first kappa shape index (κ1) is 78.2. The fraction of sp³-hybridized carbons (Fsp3) is 0. The van der Waals surface area contributed by atoms with Crippen LogP contribution in [0.25, 0.3) is 0 Å². The van der Waals surface area contributed by atoms with Crippen molar-refractivity contribution in [1.29, 1.82) is 0 Å². The van der Waals surface area contributed by atoms with Crippen molar-refractivity contribution in [3.63, 3.8) is 0 Å². The van der Waals surface area contributed by atoms with E-state index in [1.165, 1.54) is 0 Å². The van der Waals surface area contributed by atoms with Gasteiger partial charge in [-0.05, 0) is 0 Å². The molecule has 8 heteroatoms. The van der Waals surface area contributed by atoms with Crippen LogP contribution in [-0.4, -0.2) is 99.0 Å². The van der Waals surface area contributed by atoms with Gasteiger partial charge in [-0.3, -0.25) is 0 Å². The van der Waals surface area contributed by atoms with E-state index in [1.54, 1.807) is 0 Å². The van der Waals surface area contributed by atoms with E-state index in [0.29, 0.717) is 0 Å². The molecule has 0 aromatic rings. The third kappa shape index (κ3) is 45.3. The summed E-state index contributed by atoms with van der Waals surface area (Å²) < 4.78 is 0. The van der Waals surface area contributed by atoms with Crippen molar-refractivity contribution in [2.24, 2.45) is 0 Å². The Labute approximate surface area is 147 Å². The maximum atomic E-state index is 0. The van der Waals surface area contributed by atoms with E-state index in [9.17, 15) is 0 Å². The zero-order valence-electron chi connectivity index (χ0n) is 1.13. The molecule has 0 saturated heterocycles. The molecular weight excluding hydrogens is 513 g/mol. The first-order valence-electron chi connectivity index (χ1n) is 0. The molecule has 0 aromatic carbocycles. The molecule has 0 atom stereocenters. The second-order valence-corrected chi connectivity index (χ2v) is 0. The Bertz CT molecular complexity index is 7.64. The summed E-state index contributed by atoms with van der Waals surface area (Å²) in [6, 6.07) is 0. The second kappa shape index (κ2) is 60.3. The monoisotopic (exact) mass is 525 g/mol. The molecule has 0 amide bonds. The fourth-order valence-corrected chi connectivity index (χ4v) is 0. The smallest absolute Gasteiger partial charge is 0 e. The zero-order chi connectivity index (χ0) is 0. The number of hydrogen-bond donors (Lipinski definition) is 0. The van der Waals surface area contributed by atoms with E-state index >= 15 is 0 Å². The van der Waals surface area contributed by atoms with Gasteiger partial charge in [-0.1, -0.05) is 0 Å². The maximum absolute atomic E-state index is 0. The first-order chi connectivity index (χ1) is 0. The van der Waals surface area contributed by atoms with Crippen LogP contribution in [0.1, 0.15) is 0 Å². The largest absolute Gasteiger partial charge is 0 e. The van der Waals surface area contributed by atoms with Gasteiger partial charge in [0.05, 0.1) is 0 Å². The Balaban J connectivity index is 0. The van der Waals surface area contributed by atoms with Gasteiger partial charge in [0.1, 0.15) is 0 Å². The normalized spacial score (nSPS) is 0. The van der Waals surface area contributed by atoms with Crippen molar-refractivity contribution in [3.8, 4) is 0 Å².